The average molecular weight is 534 g/mol. The zero-order valence-corrected chi connectivity index (χ0v) is 20.7. The first-order valence-electron chi connectivity index (χ1n) is 9.91. The van der Waals surface area contributed by atoms with Crippen LogP contribution in [0.3, 0.4) is 0 Å². The number of aryl methyl sites for hydroxylation is 1. The van der Waals surface area contributed by atoms with E-state index in [-0.39, 0.29) is 22.4 Å². The zero-order chi connectivity index (χ0) is 25.0. The Morgan fingerprint density at radius 2 is 1.94 bits per heavy atom. The summed E-state index contributed by atoms with van der Waals surface area (Å²) >= 11 is 12.0. The lowest BCUT2D eigenvalue weighted by Gasteiger charge is -2.24. The van der Waals surface area contributed by atoms with Gasteiger partial charge in [-0.2, -0.15) is 5.09 Å². The van der Waals surface area contributed by atoms with Gasteiger partial charge in [-0.15, -0.1) is 0 Å². The minimum atomic E-state index is -4.17. The molecule has 4 atom stereocenters. The summed E-state index contributed by atoms with van der Waals surface area (Å²) in [7, 11) is -2.99. The molecule has 0 spiro atoms. The molecular weight excluding hydrogens is 512 g/mol. The van der Waals surface area contributed by atoms with E-state index in [2.05, 4.69) is 14.8 Å². The van der Waals surface area contributed by atoms with Crippen LogP contribution in [0, 0.1) is 6.92 Å². The van der Waals surface area contributed by atoms with Gasteiger partial charge in [-0.25, -0.2) is 9.36 Å². The van der Waals surface area contributed by atoms with Crippen LogP contribution >= 0.6 is 30.9 Å². The van der Waals surface area contributed by atoms with Crippen LogP contribution in [0.2, 0.25) is 10.0 Å². The van der Waals surface area contributed by atoms with Crippen molar-refractivity contribution >= 4 is 36.9 Å². The second-order valence-electron chi connectivity index (χ2n) is 7.29. The first-order valence-corrected chi connectivity index (χ1v) is 12.2. The molecule has 1 aliphatic rings. The quantitative estimate of drug-likeness (QED) is 0.283. The van der Waals surface area contributed by atoms with Crippen LogP contribution in [0.15, 0.2) is 46.1 Å². The lowest BCUT2D eigenvalue weighted by atomic mass is 10.3. The first kappa shape index (κ1) is 26.2. The highest BCUT2D eigenvalue weighted by atomic mass is 35.5. The third kappa shape index (κ3) is 6.59. The maximum atomic E-state index is 13.5. The fourth-order valence-electron chi connectivity index (χ4n) is 2.97. The third-order valence-corrected chi connectivity index (χ3v) is 6.68. The lowest BCUT2D eigenvalue weighted by Crippen LogP contribution is -2.35. The van der Waals surface area contributed by atoms with E-state index in [1.807, 2.05) is 0 Å². The number of methoxy groups -OCH3 is 1. The van der Waals surface area contributed by atoms with Gasteiger partial charge in [-0.3, -0.25) is 23.7 Å². The number of hydrogen-bond donors (Lipinski definition) is 2. The van der Waals surface area contributed by atoms with E-state index < -0.39 is 43.3 Å². The Balaban J connectivity index is 1.74. The fraction of sp³-hybridized carbons (Fsp3) is 0.350. The summed E-state index contributed by atoms with van der Waals surface area (Å²) in [5.41, 5.74) is -0.810. The molecule has 3 rings (SSSR count). The number of hydrogen-bond acceptors (Lipinski definition) is 8. The Labute approximate surface area is 204 Å². The number of nitrogens with one attached hydrogen (secondary N) is 2. The van der Waals surface area contributed by atoms with E-state index in [1.54, 1.807) is 19.1 Å². The van der Waals surface area contributed by atoms with Gasteiger partial charge in [0.2, 0.25) is 0 Å². The molecule has 0 radical (unpaired) electrons. The summed E-state index contributed by atoms with van der Waals surface area (Å²) in [6.07, 6.45) is 3.02. The van der Waals surface area contributed by atoms with Crippen molar-refractivity contribution in [2.24, 2.45) is 0 Å². The molecule has 2 N–H and O–H groups in total. The van der Waals surface area contributed by atoms with Gasteiger partial charge < -0.3 is 14.0 Å². The molecule has 0 fully saturated rings. The fourth-order valence-corrected chi connectivity index (χ4v) is 4.96. The van der Waals surface area contributed by atoms with Gasteiger partial charge in [0.05, 0.1) is 13.7 Å². The van der Waals surface area contributed by atoms with Crippen molar-refractivity contribution in [3.63, 3.8) is 0 Å². The molecule has 34 heavy (non-hydrogen) atoms. The molecule has 1 aromatic carbocycles. The van der Waals surface area contributed by atoms with Gasteiger partial charge in [0.25, 0.3) is 5.56 Å². The van der Waals surface area contributed by atoms with Crippen molar-refractivity contribution in [2.75, 3.05) is 13.7 Å². The van der Waals surface area contributed by atoms with Crippen molar-refractivity contribution in [1.82, 2.24) is 14.6 Å². The van der Waals surface area contributed by atoms with Gasteiger partial charge in [0.1, 0.15) is 17.9 Å². The SMILES string of the molecule is COC(=O)[C@H](C)NP(=O)(OC[C@@H]1C=C[C@H](n2cc(C)c(=O)[nH]c2=O)O1)Oc1cc(Cl)cc(Cl)c1. The van der Waals surface area contributed by atoms with Crippen LogP contribution in [-0.4, -0.2) is 41.4 Å². The number of aromatic nitrogens is 2. The summed E-state index contributed by atoms with van der Waals surface area (Å²) in [4.78, 5) is 37.7. The number of carbonyl (C=O) groups is 1. The standard InChI is InChI=1S/C20H22Cl2N3O8P/c1-11-9-25(20(28)23-18(11)26)17-5-4-15(32-17)10-31-34(29,24-12(2)19(27)30-3)33-16-7-13(21)6-14(22)8-16/h4-9,12,15,17H,10H2,1-3H3,(H,24,29)(H,23,26,28)/t12-,15-,17+,34?/m0/s1. The van der Waals surface area contributed by atoms with Crippen molar-refractivity contribution in [2.45, 2.75) is 32.2 Å². The Bertz CT molecular complexity index is 1240. The van der Waals surface area contributed by atoms with E-state index in [0.717, 1.165) is 0 Å². The number of esters is 1. The Hall–Kier alpha value is -2.40. The maximum absolute atomic E-state index is 13.5. The lowest BCUT2D eigenvalue weighted by molar-refractivity contribution is -0.142. The summed E-state index contributed by atoms with van der Waals surface area (Å²) < 4.78 is 36.1. The molecule has 0 saturated heterocycles. The third-order valence-electron chi connectivity index (χ3n) is 4.60. The molecule has 11 nitrogen and oxygen atoms in total. The number of carbonyl (C=O) groups excluding carboxylic acids is 1. The predicted molar refractivity (Wildman–Crippen MR) is 124 cm³/mol. The smallest absolute Gasteiger partial charge is 0.459 e. The topological polar surface area (TPSA) is 138 Å². The Morgan fingerprint density at radius 3 is 2.59 bits per heavy atom. The van der Waals surface area contributed by atoms with Crippen molar-refractivity contribution in [3.05, 3.63) is 73.0 Å². The molecule has 0 saturated carbocycles. The molecule has 0 aliphatic carbocycles. The summed E-state index contributed by atoms with van der Waals surface area (Å²) in [6, 6.07) is 3.17. The number of H-pyrrole nitrogens is 1. The average Bonchev–Trinajstić information content (AvgIpc) is 3.22. The number of benzene rings is 1. The molecule has 0 bridgehead atoms. The molecule has 14 heteroatoms. The van der Waals surface area contributed by atoms with Crippen molar-refractivity contribution in [1.29, 1.82) is 0 Å². The molecule has 184 valence electrons. The van der Waals surface area contributed by atoms with E-state index in [9.17, 15) is 18.9 Å². The van der Waals surface area contributed by atoms with E-state index in [1.165, 1.54) is 43.0 Å². The zero-order valence-electron chi connectivity index (χ0n) is 18.3. The maximum Gasteiger partial charge on any atom is 0.459 e. The monoisotopic (exact) mass is 533 g/mol. The molecule has 2 heterocycles. The molecule has 2 aromatic rings. The number of halogens is 2. The second kappa shape index (κ2) is 10.9. The first-order chi connectivity index (χ1) is 16.0. The largest absolute Gasteiger partial charge is 0.468 e. The highest BCUT2D eigenvalue weighted by Crippen LogP contribution is 2.46. The van der Waals surface area contributed by atoms with E-state index in [0.29, 0.717) is 5.56 Å². The highest BCUT2D eigenvalue weighted by Gasteiger charge is 2.34. The molecule has 1 unspecified atom stereocenters. The van der Waals surface area contributed by atoms with Crippen LogP contribution in [0.25, 0.3) is 0 Å². The minimum absolute atomic E-state index is 0.0430. The van der Waals surface area contributed by atoms with Crippen LogP contribution in [0.1, 0.15) is 18.7 Å². The van der Waals surface area contributed by atoms with Gasteiger partial charge in [-0.1, -0.05) is 29.3 Å². The number of aromatic amines is 1. The Morgan fingerprint density at radius 1 is 1.26 bits per heavy atom. The van der Waals surface area contributed by atoms with Gasteiger partial charge in [-0.05, 0) is 38.1 Å². The summed E-state index contributed by atoms with van der Waals surface area (Å²) in [5.74, 6) is -0.650. The Kier molecular flexibility index (Phi) is 8.40. The molecule has 1 aromatic heterocycles. The number of ether oxygens (including phenoxy) is 2. The van der Waals surface area contributed by atoms with Crippen LogP contribution in [-0.2, 0) is 23.4 Å². The molecular formula is C20H22Cl2N3O8P. The van der Waals surface area contributed by atoms with E-state index >= 15 is 0 Å². The second-order valence-corrected chi connectivity index (χ2v) is 9.86. The van der Waals surface area contributed by atoms with Crippen molar-refractivity contribution in [3.8, 4) is 5.75 Å². The molecule has 0 amide bonds. The number of rotatable bonds is 9. The highest BCUT2D eigenvalue weighted by molar-refractivity contribution is 7.52. The normalized spacial score (nSPS) is 20.0. The minimum Gasteiger partial charge on any atom is -0.468 e. The van der Waals surface area contributed by atoms with Crippen LogP contribution < -0.4 is 20.9 Å². The van der Waals surface area contributed by atoms with Crippen LogP contribution in [0.5, 0.6) is 5.75 Å². The van der Waals surface area contributed by atoms with E-state index in [4.69, 9.17) is 37.0 Å². The summed E-state index contributed by atoms with van der Waals surface area (Å²) in [6.45, 7) is 2.71. The van der Waals surface area contributed by atoms with Gasteiger partial charge >= 0.3 is 19.4 Å². The van der Waals surface area contributed by atoms with Gasteiger partial charge in [0.15, 0.2) is 6.23 Å². The van der Waals surface area contributed by atoms with Gasteiger partial charge in [0, 0.05) is 21.8 Å². The predicted octanol–water partition coefficient (Wildman–Crippen LogP) is 2.96. The molecule has 1 aliphatic heterocycles. The summed E-state index contributed by atoms with van der Waals surface area (Å²) in [5, 5.41) is 2.97. The van der Waals surface area contributed by atoms with Crippen LogP contribution in [0.4, 0.5) is 0 Å². The van der Waals surface area contributed by atoms with Crippen molar-refractivity contribution < 1.29 is 27.9 Å². The number of nitrogens with zero attached hydrogens (tertiary/aromatic N) is 1.